The van der Waals surface area contributed by atoms with Crippen LogP contribution in [-0.4, -0.2) is 47.8 Å². The van der Waals surface area contributed by atoms with Gasteiger partial charge in [-0.25, -0.2) is 0 Å². The molecule has 9 aromatic carbocycles. The number of hydrogen-bond donors (Lipinski definition) is 1. The number of rotatable bonds is 16. The van der Waals surface area contributed by atoms with Crippen LogP contribution in [0.25, 0.3) is 0 Å². The summed E-state index contributed by atoms with van der Waals surface area (Å²) in [5.74, 6) is 4.84. The van der Waals surface area contributed by atoms with Crippen molar-refractivity contribution < 1.29 is 33.2 Å². The molecule has 0 amide bonds. The van der Waals surface area contributed by atoms with Gasteiger partial charge in [-0.1, -0.05) is 176 Å². The molecular formula is C65H61ClO7S2. The summed E-state index contributed by atoms with van der Waals surface area (Å²) in [6, 6.07) is 78.1. The van der Waals surface area contributed by atoms with Crippen LogP contribution >= 0.6 is 36.0 Å². The summed E-state index contributed by atoms with van der Waals surface area (Å²) in [4.78, 5) is 11.6. The van der Waals surface area contributed by atoms with Gasteiger partial charge in [0.15, 0.2) is 5.12 Å². The average Bonchev–Trinajstić information content (AvgIpc) is 3.49. The summed E-state index contributed by atoms with van der Waals surface area (Å²) in [7, 11) is 9.95. The number of alkyl halides is 1. The Kier molecular flexibility index (Phi) is 19.2. The second kappa shape index (κ2) is 26.1. The summed E-state index contributed by atoms with van der Waals surface area (Å²) < 4.78 is 30.5. The number of thiol groups is 1. The Morgan fingerprint density at radius 1 is 0.333 bits per heavy atom. The van der Waals surface area contributed by atoms with Crippen molar-refractivity contribution in [3.8, 4) is 34.5 Å². The molecule has 0 aromatic heterocycles. The van der Waals surface area contributed by atoms with Gasteiger partial charge in [-0.15, -0.1) is 11.6 Å². The number of halogens is 1. The number of carbonyl (C=O) groups is 1. The summed E-state index contributed by atoms with van der Waals surface area (Å²) in [5.41, 5.74) is 9.35. The summed E-state index contributed by atoms with van der Waals surface area (Å²) in [5, 5.41) is 0.0467. The highest BCUT2D eigenvalue weighted by Gasteiger charge is 2.39. The zero-order chi connectivity index (χ0) is 53.3. The van der Waals surface area contributed by atoms with Gasteiger partial charge in [0.2, 0.25) is 0 Å². The van der Waals surface area contributed by atoms with Crippen LogP contribution in [0.3, 0.4) is 0 Å². The quantitative estimate of drug-likeness (QED) is 0.0583. The van der Waals surface area contributed by atoms with E-state index in [1.54, 1.807) is 49.6 Å². The maximum Gasteiger partial charge on any atom is 0.187 e. The first-order valence-electron chi connectivity index (χ1n) is 24.1. The lowest BCUT2D eigenvalue weighted by molar-refractivity contribution is -0.109. The third kappa shape index (κ3) is 12.7. The second-order valence-corrected chi connectivity index (χ2v) is 19.7. The smallest absolute Gasteiger partial charge is 0.187 e. The summed E-state index contributed by atoms with van der Waals surface area (Å²) in [6.45, 7) is 1.61. The van der Waals surface area contributed by atoms with Crippen LogP contribution in [0.2, 0.25) is 0 Å². The van der Waals surface area contributed by atoms with Crippen molar-refractivity contribution in [1.82, 2.24) is 0 Å². The number of thioether (sulfide) groups is 1. The number of benzene rings is 9. The molecule has 0 aliphatic carbocycles. The van der Waals surface area contributed by atoms with Gasteiger partial charge in [-0.2, -0.15) is 12.6 Å². The summed E-state index contributed by atoms with van der Waals surface area (Å²) in [6.07, 6.45) is 0. The molecule has 9 aromatic rings. The third-order valence-corrected chi connectivity index (χ3v) is 15.6. The van der Waals surface area contributed by atoms with E-state index in [2.05, 4.69) is 48.5 Å². The Balaban J connectivity index is 0.000000164. The zero-order valence-electron chi connectivity index (χ0n) is 43.1. The molecule has 382 valence electrons. The van der Waals surface area contributed by atoms with Gasteiger partial charge in [-0.05, 0) is 123 Å². The van der Waals surface area contributed by atoms with E-state index >= 15 is 0 Å². The highest BCUT2D eigenvalue weighted by atomic mass is 35.5. The van der Waals surface area contributed by atoms with E-state index in [-0.39, 0.29) is 5.12 Å². The lowest BCUT2D eigenvalue weighted by Gasteiger charge is -2.34. The van der Waals surface area contributed by atoms with Gasteiger partial charge in [-0.3, -0.25) is 4.79 Å². The second-order valence-electron chi connectivity index (χ2n) is 17.1. The molecule has 0 aliphatic rings. The maximum absolute atomic E-state index is 12.3. The third-order valence-electron chi connectivity index (χ3n) is 12.8. The summed E-state index contributed by atoms with van der Waals surface area (Å²) >= 11 is 13.7. The number of carbonyl (C=O) groups excluding carboxylic acids is 1. The fourth-order valence-electron chi connectivity index (χ4n) is 8.87. The van der Waals surface area contributed by atoms with E-state index in [0.717, 1.165) is 84.6 Å². The number of ether oxygens (including phenoxy) is 6. The largest absolute Gasteiger partial charge is 0.497 e. The fourth-order valence-corrected chi connectivity index (χ4v) is 10.9. The van der Waals surface area contributed by atoms with Crippen molar-refractivity contribution >= 4 is 41.1 Å². The normalized spacial score (nSPS) is 11.1. The van der Waals surface area contributed by atoms with E-state index < -0.39 is 14.4 Å². The van der Waals surface area contributed by atoms with Crippen LogP contribution in [0.5, 0.6) is 34.5 Å². The molecule has 0 saturated heterocycles. The van der Waals surface area contributed by atoms with Gasteiger partial charge < -0.3 is 28.4 Å². The van der Waals surface area contributed by atoms with E-state index in [1.807, 2.05) is 188 Å². The molecule has 0 N–H and O–H groups in total. The average molecular weight is 1050 g/mol. The topological polar surface area (TPSA) is 72.5 Å². The Labute approximate surface area is 456 Å². The zero-order valence-corrected chi connectivity index (χ0v) is 45.6. The molecule has 0 unspecified atom stereocenters. The molecule has 9 rings (SSSR count). The molecule has 0 saturated carbocycles. The van der Waals surface area contributed by atoms with Gasteiger partial charge in [0.25, 0.3) is 0 Å². The van der Waals surface area contributed by atoms with Crippen molar-refractivity contribution in [2.75, 3.05) is 42.7 Å². The van der Waals surface area contributed by atoms with E-state index in [1.165, 1.54) is 11.8 Å². The van der Waals surface area contributed by atoms with Gasteiger partial charge in [0.05, 0.1) is 52.2 Å². The minimum absolute atomic E-state index is 0.0467. The van der Waals surface area contributed by atoms with Crippen molar-refractivity contribution in [3.63, 3.8) is 0 Å². The van der Waals surface area contributed by atoms with E-state index in [4.69, 9.17) is 52.7 Å². The molecule has 75 heavy (non-hydrogen) atoms. The molecule has 10 heteroatoms. The van der Waals surface area contributed by atoms with Crippen LogP contribution in [0.15, 0.2) is 237 Å². The van der Waals surface area contributed by atoms with E-state index in [0.29, 0.717) is 0 Å². The van der Waals surface area contributed by atoms with Crippen LogP contribution < -0.4 is 28.4 Å². The van der Waals surface area contributed by atoms with Crippen molar-refractivity contribution in [2.24, 2.45) is 0 Å². The highest BCUT2D eigenvalue weighted by molar-refractivity contribution is 8.14. The maximum atomic E-state index is 12.3. The predicted molar refractivity (Wildman–Crippen MR) is 310 cm³/mol. The number of methoxy groups -OCH3 is 6. The minimum Gasteiger partial charge on any atom is -0.497 e. The Morgan fingerprint density at radius 3 is 0.800 bits per heavy atom. The SMILES string of the molecule is COc1ccc(C(Cl)(c2ccccc2)c2ccc(OC)cc2)cc1.COc1ccc(C(S)(c2ccccc2)c2ccc(OC)cc2)cc1.COc1ccc(C(SC(C)=O)(c2ccccc2)c2ccc(OC)cc2)cc1. The minimum atomic E-state index is -0.778. The van der Waals surface area contributed by atoms with Gasteiger partial charge in [0, 0.05) is 6.92 Å². The lowest BCUT2D eigenvalue weighted by atomic mass is 9.84. The van der Waals surface area contributed by atoms with E-state index in [9.17, 15) is 4.79 Å². The highest BCUT2D eigenvalue weighted by Crippen LogP contribution is 2.50. The van der Waals surface area contributed by atoms with Gasteiger partial charge in [0.1, 0.15) is 39.4 Å². The molecule has 0 aliphatic heterocycles. The Morgan fingerprint density at radius 2 is 0.533 bits per heavy atom. The van der Waals surface area contributed by atoms with Gasteiger partial charge >= 0.3 is 0 Å². The molecule has 0 radical (unpaired) electrons. The first kappa shape index (κ1) is 55.2. The molecule has 0 bridgehead atoms. The predicted octanol–water partition coefficient (Wildman–Crippen LogP) is 15.4. The fraction of sp³-hybridized carbons (Fsp3) is 0.154. The van der Waals surface area contributed by atoms with Crippen molar-refractivity contribution in [2.45, 2.75) is 21.3 Å². The molecular weight excluding hydrogens is 992 g/mol. The first-order valence-corrected chi connectivity index (χ1v) is 25.8. The Bertz CT molecular complexity index is 2860. The Hall–Kier alpha value is -7.56. The standard InChI is InChI=1S/C23H22O3S.C21H19ClO2.C21H20O2S/c1-17(24)27-23(18-7-5-4-6-8-18,19-9-13-21(25-2)14-10-19)20-11-15-22(26-3)16-12-20;1-23-19-12-8-17(9-13-19)21(22,16-6-4-3-5-7-16)18-10-14-20(24-2)15-11-18;1-22-19-12-8-17(9-13-19)21(24,16-6-4-3-5-7-16)18-10-14-20(23-2)15-11-18/h4-16H,1-3H3;3-15H,1-2H3;3-15,24H,1-2H3. The molecule has 0 heterocycles. The van der Waals surface area contributed by atoms with Crippen LogP contribution in [-0.2, 0) is 19.2 Å². The van der Waals surface area contributed by atoms with Crippen LogP contribution in [0.4, 0.5) is 0 Å². The molecule has 0 spiro atoms. The van der Waals surface area contributed by atoms with Crippen LogP contribution in [0.1, 0.15) is 57.0 Å². The molecule has 7 nitrogen and oxygen atoms in total. The lowest BCUT2D eigenvalue weighted by Crippen LogP contribution is -2.27. The first-order chi connectivity index (χ1) is 36.5. The molecule has 0 atom stereocenters. The van der Waals surface area contributed by atoms with Crippen molar-refractivity contribution in [3.05, 3.63) is 287 Å². The number of hydrogen-bond acceptors (Lipinski definition) is 9. The molecule has 0 fully saturated rings. The van der Waals surface area contributed by atoms with Crippen LogP contribution in [0, 0.1) is 0 Å². The van der Waals surface area contributed by atoms with Crippen molar-refractivity contribution in [1.29, 1.82) is 0 Å². The monoisotopic (exact) mass is 1050 g/mol.